The lowest BCUT2D eigenvalue weighted by Gasteiger charge is -2.33. The van der Waals surface area contributed by atoms with E-state index >= 15 is 0 Å². The molecule has 0 spiro atoms. The van der Waals surface area contributed by atoms with Gasteiger partial charge in [-0.05, 0) is 18.9 Å². The largest absolute Gasteiger partial charge is 0.481 e. The Labute approximate surface area is 122 Å². The third-order valence-corrected chi connectivity index (χ3v) is 5.13. The molecule has 1 saturated heterocycles. The lowest BCUT2D eigenvalue weighted by atomic mass is 9.80. The van der Waals surface area contributed by atoms with Crippen LogP contribution in [0.1, 0.15) is 12.8 Å². The average molecular weight is 318 g/mol. The molecule has 2 amide bonds. The van der Waals surface area contributed by atoms with Crippen molar-refractivity contribution >= 4 is 21.8 Å². The van der Waals surface area contributed by atoms with Crippen molar-refractivity contribution in [1.29, 1.82) is 0 Å². The Morgan fingerprint density at radius 2 is 2.00 bits per heavy atom. The molecule has 3 N–H and O–H groups in total. The Morgan fingerprint density at radius 1 is 1.33 bits per heavy atom. The van der Waals surface area contributed by atoms with E-state index in [9.17, 15) is 23.1 Å². The SMILES string of the molecule is O=C(NCC1(C(=O)O)CCOCC1)NC1C=CS(=O)(=O)C1. The van der Waals surface area contributed by atoms with Crippen molar-refractivity contribution in [2.45, 2.75) is 18.9 Å². The van der Waals surface area contributed by atoms with Crippen molar-refractivity contribution < 1.29 is 27.9 Å². The summed E-state index contributed by atoms with van der Waals surface area (Å²) in [6.45, 7) is 0.680. The summed E-state index contributed by atoms with van der Waals surface area (Å²) < 4.78 is 27.6. The van der Waals surface area contributed by atoms with Crippen molar-refractivity contribution in [1.82, 2.24) is 10.6 Å². The maximum Gasteiger partial charge on any atom is 0.315 e. The zero-order valence-electron chi connectivity index (χ0n) is 11.4. The van der Waals surface area contributed by atoms with Crippen LogP contribution in [-0.4, -0.2) is 57.1 Å². The summed E-state index contributed by atoms with van der Waals surface area (Å²) in [4.78, 5) is 23.1. The predicted molar refractivity (Wildman–Crippen MR) is 73.4 cm³/mol. The molecule has 0 aromatic heterocycles. The van der Waals surface area contributed by atoms with Gasteiger partial charge in [0.15, 0.2) is 9.84 Å². The smallest absolute Gasteiger partial charge is 0.315 e. The molecule has 1 atom stereocenters. The molecule has 0 aromatic carbocycles. The quantitative estimate of drug-likeness (QED) is 0.641. The van der Waals surface area contributed by atoms with E-state index in [1.165, 1.54) is 6.08 Å². The number of rotatable bonds is 4. The number of nitrogens with one attached hydrogen (secondary N) is 2. The minimum absolute atomic E-state index is 0.0132. The number of carbonyl (C=O) groups excluding carboxylic acids is 1. The van der Waals surface area contributed by atoms with Crippen LogP contribution in [0.3, 0.4) is 0 Å². The molecule has 0 aliphatic carbocycles. The lowest BCUT2D eigenvalue weighted by molar-refractivity contribution is -0.154. The van der Waals surface area contributed by atoms with Gasteiger partial charge in [-0.15, -0.1) is 0 Å². The third-order valence-electron chi connectivity index (χ3n) is 3.74. The van der Waals surface area contributed by atoms with Crippen LogP contribution in [0.5, 0.6) is 0 Å². The van der Waals surface area contributed by atoms with E-state index in [1.54, 1.807) is 0 Å². The second kappa shape index (κ2) is 6.02. The summed E-state index contributed by atoms with van der Waals surface area (Å²) in [5.41, 5.74) is -1.02. The maximum absolute atomic E-state index is 11.7. The van der Waals surface area contributed by atoms with Gasteiger partial charge in [-0.25, -0.2) is 13.2 Å². The summed E-state index contributed by atoms with van der Waals surface area (Å²) in [7, 11) is -3.24. The van der Waals surface area contributed by atoms with Crippen molar-refractivity contribution in [3.05, 3.63) is 11.5 Å². The van der Waals surface area contributed by atoms with Gasteiger partial charge in [-0.2, -0.15) is 0 Å². The van der Waals surface area contributed by atoms with E-state index in [1.807, 2.05) is 0 Å². The van der Waals surface area contributed by atoms with Gasteiger partial charge in [0.2, 0.25) is 0 Å². The van der Waals surface area contributed by atoms with Gasteiger partial charge >= 0.3 is 12.0 Å². The normalized spacial score (nSPS) is 26.2. The Kier molecular flexibility index (Phi) is 4.52. The minimum Gasteiger partial charge on any atom is -0.481 e. The second-order valence-corrected chi connectivity index (χ2v) is 7.22. The molecule has 2 rings (SSSR count). The van der Waals surface area contributed by atoms with Crippen LogP contribution in [0.2, 0.25) is 0 Å². The highest BCUT2D eigenvalue weighted by Crippen LogP contribution is 2.30. The van der Waals surface area contributed by atoms with Crippen LogP contribution in [0.25, 0.3) is 0 Å². The first kappa shape index (κ1) is 15.8. The summed E-state index contributed by atoms with van der Waals surface area (Å²) in [5, 5.41) is 15.4. The minimum atomic E-state index is -3.24. The van der Waals surface area contributed by atoms with E-state index in [0.717, 1.165) is 5.41 Å². The number of hydrogen-bond donors (Lipinski definition) is 3. The van der Waals surface area contributed by atoms with Crippen LogP contribution in [0, 0.1) is 5.41 Å². The van der Waals surface area contributed by atoms with Crippen molar-refractivity contribution in [2.24, 2.45) is 5.41 Å². The zero-order chi connectivity index (χ0) is 15.5. The molecule has 21 heavy (non-hydrogen) atoms. The number of sulfone groups is 1. The van der Waals surface area contributed by atoms with Gasteiger partial charge in [-0.1, -0.05) is 0 Å². The number of amides is 2. The molecule has 1 fully saturated rings. The van der Waals surface area contributed by atoms with E-state index in [2.05, 4.69) is 10.6 Å². The van der Waals surface area contributed by atoms with Gasteiger partial charge in [0.1, 0.15) is 0 Å². The monoisotopic (exact) mass is 318 g/mol. The highest BCUT2D eigenvalue weighted by atomic mass is 32.2. The standard InChI is InChI=1S/C12H18N2O6S/c15-10(16)12(2-4-20-5-3-12)8-13-11(17)14-9-1-6-21(18,19)7-9/h1,6,9H,2-5,7-8H2,(H,15,16)(H2,13,14,17). The van der Waals surface area contributed by atoms with E-state index in [0.29, 0.717) is 26.1 Å². The summed E-state index contributed by atoms with van der Waals surface area (Å²) in [6, 6.07) is -1.15. The van der Waals surface area contributed by atoms with Crippen LogP contribution >= 0.6 is 0 Å². The number of carboxylic acids is 1. The topological polar surface area (TPSA) is 122 Å². The Morgan fingerprint density at radius 3 is 2.52 bits per heavy atom. The van der Waals surface area contributed by atoms with Crippen LogP contribution in [0.15, 0.2) is 11.5 Å². The van der Waals surface area contributed by atoms with Crippen molar-refractivity contribution in [2.75, 3.05) is 25.5 Å². The van der Waals surface area contributed by atoms with Gasteiger partial charge in [-0.3, -0.25) is 4.79 Å². The first-order chi connectivity index (χ1) is 9.83. The molecule has 2 heterocycles. The molecule has 2 aliphatic rings. The highest BCUT2D eigenvalue weighted by molar-refractivity contribution is 7.94. The lowest BCUT2D eigenvalue weighted by Crippen LogP contribution is -2.50. The summed E-state index contributed by atoms with van der Waals surface area (Å²) in [6.07, 6.45) is 2.07. The molecule has 118 valence electrons. The first-order valence-electron chi connectivity index (χ1n) is 6.59. The molecule has 0 saturated carbocycles. The van der Waals surface area contributed by atoms with Gasteiger partial charge < -0.3 is 20.5 Å². The van der Waals surface area contributed by atoms with Crippen LogP contribution in [0.4, 0.5) is 4.79 Å². The van der Waals surface area contributed by atoms with E-state index in [-0.39, 0.29) is 12.3 Å². The molecule has 0 radical (unpaired) electrons. The highest BCUT2D eigenvalue weighted by Gasteiger charge is 2.40. The van der Waals surface area contributed by atoms with Crippen LogP contribution in [-0.2, 0) is 19.4 Å². The van der Waals surface area contributed by atoms with Crippen LogP contribution < -0.4 is 10.6 Å². The zero-order valence-corrected chi connectivity index (χ0v) is 12.2. The number of carboxylic acid groups (broad SMARTS) is 1. The number of hydrogen-bond acceptors (Lipinski definition) is 5. The number of aliphatic carboxylic acids is 1. The fourth-order valence-corrected chi connectivity index (χ4v) is 3.60. The summed E-state index contributed by atoms with van der Waals surface area (Å²) in [5.74, 6) is -1.13. The molecule has 0 bridgehead atoms. The predicted octanol–water partition coefficient (Wildman–Crippen LogP) is -0.522. The Hall–Kier alpha value is -1.61. The molecular formula is C12H18N2O6S. The van der Waals surface area contributed by atoms with E-state index in [4.69, 9.17) is 4.74 Å². The number of urea groups is 1. The average Bonchev–Trinajstić information content (AvgIpc) is 2.76. The van der Waals surface area contributed by atoms with Gasteiger partial charge in [0.25, 0.3) is 0 Å². The fourth-order valence-electron chi connectivity index (χ4n) is 2.36. The Balaban J connectivity index is 1.85. The molecule has 2 aliphatic heterocycles. The molecule has 8 nitrogen and oxygen atoms in total. The second-order valence-electron chi connectivity index (χ2n) is 5.29. The molecule has 9 heteroatoms. The fraction of sp³-hybridized carbons (Fsp3) is 0.667. The van der Waals surface area contributed by atoms with Crippen molar-refractivity contribution in [3.63, 3.8) is 0 Å². The molecule has 1 unspecified atom stereocenters. The van der Waals surface area contributed by atoms with E-state index < -0.39 is 33.3 Å². The third kappa shape index (κ3) is 3.94. The maximum atomic E-state index is 11.7. The summed E-state index contributed by atoms with van der Waals surface area (Å²) >= 11 is 0. The molecule has 0 aromatic rings. The Bertz CT molecular complexity index is 550. The van der Waals surface area contributed by atoms with Crippen molar-refractivity contribution in [3.8, 4) is 0 Å². The molecular weight excluding hydrogens is 300 g/mol. The number of carbonyl (C=O) groups is 2. The first-order valence-corrected chi connectivity index (χ1v) is 8.31. The van der Waals surface area contributed by atoms with Gasteiger partial charge in [0.05, 0.1) is 17.2 Å². The van der Waals surface area contributed by atoms with Gasteiger partial charge in [0, 0.05) is 25.2 Å². The number of ether oxygens (including phenoxy) is 1.